The fraction of sp³-hybridized carbons (Fsp3) is 0.500. The second-order valence-corrected chi connectivity index (χ2v) is 4.35. The highest BCUT2D eigenvalue weighted by Crippen LogP contribution is 2.13. The Bertz CT molecular complexity index is 379. The maximum Gasteiger partial charge on any atom is 0.317 e. The number of carbonyl (C=O) groups excluding carboxylic acids is 1. The molecule has 4 nitrogen and oxygen atoms in total. The predicted octanol–water partition coefficient (Wildman–Crippen LogP) is 2.60. The van der Waals surface area contributed by atoms with Crippen LogP contribution in [-0.2, 0) is 6.54 Å². The Morgan fingerprint density at radius 1 is 1.28 bits per heavy atom. The number of carbonyl (C=O) groups is 1. The average molecular weight is 249 g/mol. The van der Waals surface area contributed by atoms with Crippen molar-refractivity contribution in [3.8, 4) is 0 Å². The van der Waals surface area contributed by atoms with Crippen molar-refractivity contribution in [3.05, 3.63) is 29.8 Å². The van der Waals surface area contributed by atoms with E-state index >= 15 is 0 Å². The van der Waals surface area contributed by atoms with Gasteiger partial charge in [0.25, 0.3) is 0 Å². The zero-order valence-electron chi connectivity index (χ0n) is 11.3. The van der Waals surface area contributed by atoms with Crippen molar-refractivity contribution in [2.45, 2.75) is 33.2 Å². The van der Waals surface area contributed by atoms with E-state index in [0.717, 1.165) is 30.6 Å². The molecule has 1 rings (SSSR count). The summed E-state index contributed by atoms with van der Waals surface area (Å²) >= 11 is 0. The lowest BCUT2D eigenvalue weighted by Crippen LogP contribution is -2.40. The van der Waals surface area contributed by atoms with Crippen molar-refractivity contribution in [2.24, 2.45) is 0 Å². The van der Waals surface area contributed by atoms with E-state index in [1.165, 1.54) is 0 Å². The molecule has 0 heterocycles. The van der Waals surface area contributed by atoms with Gasteiger partial charge in [-0.2, -0.15) is 0 Å². The van der Waals surface area contributed by atoms with Crippen LogP contribution in [0.25, 0.3) is 0 Å². The van der Waals surface area contributed by atoms with Gasteiger partial charge in [-0.25, -0.2) is 4.79 Å². The molecule has 18 heavy (non-hydrogen) atoms. The van der Waals surface area contributed by atoms with Crippen molar-refractivity contribution >= 4 is 11.7 Å². The van der Waals surface area contributed by atoms with Crippen molar-refractivity contribution in [2.75, 3.05) is 18.8 Å². The highest BCUT2D eigenvalue weighted by atomic mass is 16.2. The van der Waals surface area contributed by atoms with Crippen LogP contribution in [-0.4, -0.2) is 24.0 Å². The van der Waals surface area contributed by atoms with Gasteiger partial charge >= 0.3 is 6.03 Å². The molecule has 0 bridgehead atoms. The topological polar surface area (TPSA) is 58.4 Å². The number of nitrogens with one attached hydrogen (secondary N) is 1. The molecule has 0 aliphatic rings. The molecule has 1 aromatic carbocycles. The van der Waals surface area contributed by atoms with Gasteiger partial charge in [0.15, 0.2) is 0 Å². The number of hydrogen-bond acceptors (Lipinski definition) is 2. The van der Waals surface area contributed by atoms with Gasteiger partial charge in [-0.15, -0.1) is 0 Å². The molecule has 0 fully saturated rings. The highest BCUT2D eigenvalue weighted by Gasteiger charge is 2.13. The molecule has 4 heteroatoms. The number of amides is 2. The van der Waals surface area contributed by atoms with Crippen LogP contribution in [0.4, 0.5) is 10.5 Å². The minimum Gasteiger partial charge on any atom is -0.398 e. The number of urea groups is 1. The van der Waals surface area contributed by atoms with Gasteiger partial charge in [0.05, 0.1) is 0 Å². The molecule has 0 radical (unpaired) electrons. The number of para-hydroxylation sites is 1. The SMILES string of the molecule is CCCNC(=O)N(CCC)Cc1ccccc1N. The van der Waals surface area contributed by atoms with Gasteiger partial charge in [-0.3, -0.25) is 0 Å². The summed E-state index contributed by atoms with van der Waals surface area (Å²) in [5.41, 5.74) is 7.64. The van der Waals surface area contributed by atoms with Gasteiger partial charge in [0.1, 0.15) is 0 Å². The van der Waals surface area contributed by atoms with Crippen LogP contribution in [0.2, 0.25) is 0 Å². The van der Waals surface area contributed by atoms with E-state index in [1.807, 2.05) is 31.2 Å². The van der Waals surface area contributed by atoms with Crippen molar-refractivity contribution in [1.82, 2.24) is 10.2 Å². The van der Waals surface area contributed by atoms with E-state index in [9.17, 15) is 4.79 Å². The van der Waals surface area contributed by atoms with Gasteiger partial charge in [-0.1, -0.05) is 32.0 Å². The molecular formula is C14H23N3O. The lowest BCUT2D eigenvalue weighted by molar-refractivity contribution is 0.195. The third-order valence-electron chi connectivity index (χ3n) is 2.72. The number of hydrogen-bond donors (Lipinski definition) is 2. The fourth-order valence-electron chi connectivity index (χ4n) is 1.75. The summed E-state index contributed by atoms with van der Waals surface area (Å²) in [6.07, 6.45) is 1.88. The zero-order valence-corrected chi connectivity index (χ0v) is 11.3. The van der Waals surface area contributed by atoms with Crippen LogP contribution in [0, 0.1) is 0 Å². The van der Waals surface area contributed by atoms with Crippen molar-refractivity contribution < 1.29 is 4.79 Å². The molecule has 1 aromatic rings. The molecule has 0 aromatic heterocycles. The smallest absolute Gasteiger partial charge is 0.317 e. The Morgan fingerprint density at radius 3 is 2.61 bits per heavy atom. The third-order valence-corrected chi connectivity index (χ3v) is 2.72. The largest absolute Gasteiger partial charge is 0.398 e. The van der Waals surface area contributed by atoms with E-state index < -0.39 is 0 Å². The molecular weight excluding hydrogens is 226 g/mol. The average Bonchev–Trinajstić information content (AvgIpc) is 2.38. The molecule has 0 spiro atoms. The molecule has 0 unspecified atom stereocenters. The van der Waals surface area contributed by atoms with Gasteiger partial charge in [0.2, 0.25) is 0 Å². The first kappa shape index (κ1) is 14.4. The van der Waals surface area contributed by atoms with Crippen LogP contribution in [0.15, 0.2) is 24.3 Å². The van der Waals surface area contributed by atoms with Crippen LogP contribution < -0.4 is 11.1 Å². The third kappa shape index (κ3) is 4.28. The number of benzene rings is 1. The van der Waals surface area contributed by atoms with Crippen LogP contribution in [0.3, 0.4) is 0 Å². The lowest BCUT2D eigenvalue weighted by atomic mass is 10.1. The molecule has 0 aliphatic heterocycles. The number of anilines is 1. The Balaban J connectivity index is 2.68. The molecule has 0 aliphatic carbocycles. The van der Waals surface area contributed by atoms with Crippen molar-refractivity contribution in [3.63, 3.8) is 0 Å². The minimum atomic E-state index is -0.0121. The lowest BCUT2D eigenvalue weighted by Gasteiger charge is -2.23. The van der Waals surface area contributed by atoms with Crippen molar-refractivity contribution in [1.29, 1.82) is 0 Å². The molecule has 0 saturated heterocycles. The molecule has 100 valence electrons. The van der Waals surface area contributed by atoms with Crippen LogP contribution in [0.1, 0.15) is 32.3 Å². The van der Waals surface area contributed by atoms with Crippen LogP contribution >= 0.6 is 0 Å². The van der Waals surface area contributed by atoms with Gasteiger partial charge in [-0.05, 0) is 24.5 Å². The Labute approximate surface area is 109 Å². The van der Waals surface area contributed by atoms with E-state index in [2.05, 4.69) is 12.2 Å². The maximum atomic E-state index is 12.0. The summed E-state index contributed by atoms with van der Waals surface area (Å²) in [7, 11) is 0. The number of nitrogen functional groups attached to an aromatic ring is 1. The Morgan fingerprint density at radius 2 is 2.00 bits per heavy atom. The second kappa shape index (κ2) is 7.58. The van der Waals surface area contributed by atoms with E-state index in [0.29, 0.717) is 13.1 Å². The summed E-state index contributed by atoms with van der Waals surface area (Å²) < 4.78 is 0. The normalized spacial score (nSPS) is 10.1. The molecule has 0 atom stereocenters. The number of rotatable bonds is 6. The zero-order chi connectivity index (χ0) is 13.4. The summed E-state index contributed by atoms with van der Waals surface area (Å²) in [4.78, 5) is 13.8. The quantitative estimate of drug-likeness (QED) is 0.761. The molecule has 3 N–H and O–H groups in total. The summed E-state index contributed by atoms with van der Waals surface area (Å²) in [6.45, 7) is 6.12. The van der Waals surface area contributed by atoms with Gasteiger partial charge < -0.3 is 16.0 Å². The maximum absolute atomic E-state index is 12.0. The summed E-state index contributed by atoms with van der Waals surface area (Å²) in [6, 6.07) is 7.66. The molecule has 0 saturated carbocycles. The van der Waals surface area contributed by atoms with E-state index in [4.69, 9.17) is 5.73 Å². The monoisotopic (exact) mass is 249 g/mol. The van der Waals surface area contributed by atoms with E-state index in [1.54, 1.807) is 4.90 Å². The first-order valence-corrected chi connectivity index (χ1v) is 6.55. The second-order valence-electron chi connectivity index (χ2n) is 4.35. The summed E-state index contributed by atoms with van der Waals surface area (Å²) in [5, 5.41) is 2.90. The van der Waals surface area contributed by atoms with Gasteiger partial charge in [0, 0.05) is 25.3 Å². The first-order chi connectivity index (χ1) is 8.69. The predicted molar refractivity (Wildman–Crippen MR) is 75.2 cm³/mol. The minimum absolute atomic E-state index is 0.0121. The van der Waals surface area contributed by atoms with Crippen LogP contribution in [0.5, 0.6) is 0 Å². The fourth-order valence-corrected chi connectivity index (χ4v) is 1.75. The highest BCUT2D eigenvalue weighted by molar-refractivity contribution is 5.74. The molecule has 2 amide bonds. The van der Waals surface area contributed by atoms with E-state index in [-0.39, 0.29) is 6.03 Å². The number of nitrogens with zero attached hydrogens (tertiary/aromatic N) is 1. The number of nitrogens with two attached hydrogens (primary N) is 1. The first-order valence-electron chi connectivity index (χ1n) is 6.55. The summed E-state index contributed by atoms with van der Waals surface area (Å²) in [5.74, 6) is 0. The Kier molecular flexibility index (Phi) is 6.05. The standard InChI is InChI=1S/C14H23N3O/c1-3-9-16-14(18)17(10-4-2)11-12-7-5-6-8-13(12)15/h5-8H,3-4,9-11,15H2,1-2H3,(H,16,18). The Hall–Kier alpha value is -1.71.